The van der Waals surface area contributed by atoms with Crippen LogP contribution in [0.5, 0.6) is 5.75 Å². The number of anilines is 2. The molecule has 2 amide bonds. The Morgan fingerprint density at radius 3 is 2.74 bits per heavy atom. The van der Waals surface area contributed by atoms with Gasteiger partial charge in [0.25, 0.3) is 0 Å². The Bertz CT molecular complexity index is 1120. The fourth-order valence-electron chi connectivity index (χ4n) is 3.47. The van der Waals surface area contributed by atoms with Gasteiger partial charge in [0, 0.05) is 23.7 Å². The van der Waals surface area contributed by atoms with E-state index in [2.05, 4.69) is 15.5 Å². The minimum absolute atomic E-state index is 0.0542. The van der Waals surface area contributed by atoms with Crippen molar-refractivity contribution >= 4 is 45.6 Å². The molecule has 0 radical (unpaired) electrons. The average Bonchev–Trinajstić information content (AvgIpc) is 3.34. The van der Waals surface area contributed by atoms with Crippen LogP contribution in [0.1, 0.15) is 22.6 Å². The van der Waals surface area contributed by atoms with Crippen LogP contribution >= 0.6 is 22.9 Å². The van der Waals surface area contributed by atoms with Gasteiger partial charge in [0.15, 0.2) is 5.01 Å². The highest BCUT2D eigenvalue weighted by molar-refractivity contribution is 7.15. The molecule has 2 aromatic carbocycles. The molecule has 1 aromatic heterocycles. The fraction of sp³-hybridized carbons (Fsp3) is 0.273. The van der Waals surface area contributed by atoms with E-state index >= 15 is 0 Å². The van der Waals surface area contributed by atoms with Gasteiger partial charge >= 0.3 is 0 Å². The van der Waals surface area contributed by atoms with E-state index in [0.717, 1.165) is 16.8 Å². The number of aryl methyl sites for hydroxylation is 2. The molecule has 31 heavy (non-hydrogen) atoms. The van der Waals surface area contributed by atoms with E-state index in [-0.39, 0.29) is 24.8 Å². The lowest BCUT2D eigenvalue weighted by Crippen LogP contribution is -2.28. The largest absolute Gasteiger partial charge is 0.486 e. The first kappa shape index (κ1) is 21.3. The molecule has 0 spiro atoms. The first-order valence-corrected chi connectivity index (χ1v) is 11.0. The van der Waals surface area contributed by atoms with Crippen molar-refractivity contribution in [2.24, 2.45) is 5.92 Å². The minimum atomic E-state index is -0.439. The number of ether oxygens (including phenoxy) is 1. The topological polar surface area (TPSA) is 84.4 Å². The Morgan fingerprint density at radius 2 is 2.00 bits per heavy atom. The minimum Gasteiger partial charge on any atom is -0.486 e. The molecule has 2 heterocycles. The molecule has 1 aliphatic rings. The fourth-order valence-corrected chi connectivity index (χ4v) is 4.25. The molecule has 1 saturated heterocycles. The number of halogens is 1. The molecule has 1 aliphatic heterocycles. The SMILES string of the molecule is Cc1ccc(N2CC(C(=O)Nc3nnc(COc4ccc(Cl)cc4)s3)CC2=O)c(C)c1. The van der Waals surface area contributed by atoms with Gasteiger partial charge in [-0.25, -0.2) is 0 Å². The number of nitrogens with zero attached hydrogens (tertiary/aromatic N) is 3. The smallest absolute Gasteiger partial charge is 0.231 e. The first-order valence-electron chi connectivity index (χ1n) is 9.78. The van der Waals surface area contributed by atoms with E-state index < -0.39 is 5.92 Å². The molecule has 3 aromatic rings. The average molecular weight is 457 g/mol. The maximum Gasteiger partial charge on any atom is 0.231 e. The first-order chi connectivity index (χ1) is 14.9. The van der Waals surface area contributed by atoms with Crippen LogP contribution in [0.2, 0.25) is 5.02 Å². The lowest BCUT2D eigenvalue weighted by Gasteiger charge is -2.19. The highest BCUT2D eigenvalue weighted by atomic mass is 35.5. The lowest BCUT2D eigenvalue weighted by atomic mass is 10.1. The Morgan fingerprint density at radius 1 is 1.23 bits per heavy atom. The van der Waals surface area contributed by atoms with Crippen LogP contribution in [-0.4, -0.2) is 28.6 Å². The third-order valence-corrected chi connectivity index (χ3v) is 6.08. The highest BCUT2D eigenvalue weighted by Crippen LogP contribution is 2.29. The normalized spacial score (nSPS) is 15.9. The maximum atomic E-state index is 12.7. The summed E-state index contributed by atoms with van der Waals surface area (Å²) in [6.07, 6.45) is 0.171. The third-order valence-electron chi connectivity index (χ3n) is 5.01. The quantitative estimate of drug-likeness (QED) is 0.595. The van der Waals surface area contributed by atoms with E-state index in [0.29, 0.717) is 27.5 Å². The summed E-state index contributed by atoms with van der Waals surface area (Å²) >= 11 is 7.10. The van der Waals surface area contributed by atoms with Crippen molar-refractivity contribution in [1.29, 1.82) is 0 Å². The van der Waals surface area contributed by atoms with Gasteiger partial charge < -0.3 is 15.0 Å². The van der Waals surface area contributed by atoms with Gasteiger partial charge in [-0.15, -0.1) is 10.2 Å². The number of hydrogen-bond donors (Lipinski definition) is 1. The van der Waals surface area contributed by atoms with Crippen molar-refractivity contribution in [3.63, 3.8) is 0 Å². The summed E-state index contributed by atoms with van der Waals surface area (Å²) in [6.45, 7) is 4.56. The monoisotopic (exact) mass is 456 g/mol. The van der Waals surface area contributed by atoms with E-state index in [1.165, 1.54) is 11.3 Å². The highest BCUT2D eigenvalue weighted by Gasteiger charge is 2.36. The van der Waals surface area contributed by atoms with Crippen molar-refractivity contribution in [2.45, 2.75) is 26.9 Å². The molecule has 1 N–H and O–H groups in total. The molecule has 1 unspecified atom stereocenters. The summed E-state index contributed by atoms with van der Waals surface area (Å²) in [5.74, 6) is -0.0598. The summed E-state index contributed by atoms with van der Waals surface area (Å²) in [5, 5.41) is 12.5. The second kappa shape index (κ2) is 9.03. The lowest BCUT2D eigenvalue weighted by molar-refractivity contribution is -0.122. The van der Waals surface area contributed by atoms with Crippen molar-refractivity contribution < 1.29 is 14.3 Å². The molecule has 0 saturated carbocycles. The van der Waals surface area contributed by atoms with Gasteiger partial charge in [-0.05, 0) is 49.7 Å². The number of carbonyl (C=O) groups is 2. The number of hydrogen-bond acceptors (Lipinski definition) is 6. The van der Waals surface area contributed by atoms with Gasteiger partial charge in [0.1, 0.15) is 12.4 Å². The molecule has 0 bridgehead atoms. The second-order valence-corrected chi connectivity index (χ2v) is 8.93. The van der Waals surface area contributed by atoms with Crippen LogP contribution in [0.25, 0.3) is 0 Å². The van der Waals surface area contributed by atoms with Gasteiger partial charge in [0.2, 0.25) is 16.9 Å². The standard InChI is InChI=1S/C22H21ClN4O3S/c1-13-3-8-18(14(2)9-13)27-11-15(10-20(27)28)21(29)24-22-26-25-19(31-22)12-30-17-6-4-16(23)5-7-17/h3-9,15H,10-12H2,1-2H3,(H,24,26,29). The van der Waals surface area contributed by atoms with E-state index in [4.69, 9.17) is 16.3 Å². The molecule has 160 valence electrons. The van der Waals surface area contributed by atoms with Crippen molar-refractivity contribution in [1.82, 2.24) is 10.2 Å². The zero-order valence-corrected chi connectivity index (χ0v) is 18.7. The summed E-state index contributed by atoms with van der Waals surface area (Å²) in [6, 6.07) is 13.0. The molecule has 1 fully saturated rings. The molecule has 7 nitrogen and oxygen atoms in total. The van der Waals surface area contributed by atoms with Gasteiger partial charge in [-0.3, -0.25) is 9.59 Å². The second-order valence-electron chi connectivity index (χ2n) is 7.43. The van der Waals surface area contributed by atoms with Gasteiger partial charge in [-0.2, -0.15) is 0 Å². The molecular weight excluding hydrogens is 436 g/mol. The molecule has 0 aliphatic carbocycles. The van der Waals surface area contributed by atoms with Gasteiger partial charge in [-0.1, -0.05) is 40.6 Å². The molecule has 4 rings (SSSR count). The van der Waals surface area contributed by atoms with Crippen LogP contribution in [0, 0.1) is 19.8 Å². The van der Waals surface area contributed by atoms with E-state index in [1.807, 2.05) is 32.0 Å². The van der Waals surface area contributed by atoms with Crippen LogP contribution < -0.4 is 15.0 Å². The van der Waals surface area contributed by atoms with Gasteiger partial charge in [0.05, 0.1) is 5.92 Å². The summed E-state index contributed by atoms with van der Waals surface area (Å²) in [7, 11) is 0. The van der Waals surface area contributed by atoms with Crippen molar-refractivity contribution in [3.8, 4) is 5.75 Å². The predicted molar refractivity (Wildman–Crippen MR) is 121 cm³/mol. The number of rotatable bonds is 6. The summed E-state index contributed by atoms with van der Waals surface area (Å²) in [5.41, 5.74) is 3.00. The summed E-state index contributed by atoms with van der Waals surface area (Å²) < 4.78 is 5.65. The van der Waals surface area contributed by atoms with E-state index in [9.17, 15) is 9.59 Å². The van der Waals surface area contributed by atoms with Crippen molar-refractivity contribution in [3.05, 3.63) is 63.6 Å². The Balaban J connectivity index is 1.34. The number of carbonyl (C=O) groups excluding carboxylic acids is 2. The number of nitrogens with one attached hydrogen (secondary N) is 1. The molecular formula is C22H21ClN4O3S. The number of amides is 2. The Hall–Kier alpha value is -2.97. The zero-order valence-electron chi connectivity index (χ0n) is 17.1. The number of aromatic nitrogens is 2. The Kier molecular flexibility index (Phi) is 6.20. The number of benzene rings is 2. The maximum absolute atomic E-state index is 12.7. The Labute approximate surface area is 189 Å². The summed E-state index contributed by atoms with van der Waals surface area (Å²) in [4.78, 5) is 26.9. The van der Waals surface area contributed by atoms with E-state index in [1.54, 1.807) is 29.2 Å². The van der Waals surface area contributed by atoms with Crippen LogP contribution in [0.3, 0.4) is 0 Å². The predicted octanol–water partition coefficient (Wildman–Crippen LogP) is 4.38. The van der Waals surface area contributed by atoms with Crippen LogP contribution in [0.15, 0.2) is 42.5 Å². The third kappa shape index (κ3) is 5.03. The molecule has 1 atom stereocenters. The zero-order chi connectivity index (χ0) is 22.0. The van der Waals surface area contributed by atoms with Crippen LogP contribution in [-0.2, 0) is 16.2 Å². The molecule has 9 heteroatoms. The van der Waals surface area contributed by atoms with Crippen LogP contribution in [0.4, 0.5) is 10.8 Å². The van der Waals surface area contributed by atoms with Crippen molar-refractivity contribution in [2.75, 3.05) is 16.8 Å².